The van der Waals surface area contributed by atoms with Crippen LogP contribution in [0.4, 0.5) is 0 Å². The fourth-order valence-corrected chi connectivity index (χ4v) is 3.37. The molecule has 0 spiro atoms. The molecule has 0 aromatic heterocycles. The number of methoxy groups -OCH3 is 1. The van der Waals surface area contributed by atoms with Gasteiger partial charge in [-0.1, -0.05) is 0 Å². The Morgan fingerprint density at radius 2 is 1.85 bits per heavy atom. The third kappa shape index (κ3) is 2.86. The molecular formula is C14H26N2O4. The molecule has 3 heterocycles. The van der Waals surface area contributed by atoms with Gasteiger partial charge in [0.2, 0.25) is 0 Å². The highest BCUT2D eigenvalue weighted by Gasteiger charge is 2.55. The summed E-state index contributed by atoms with van der Waals surface area (Å²) in [7, 11) is 1.65. The Morgan fingerprint density at radius 1 is 1.20 bits per heavy atom. The van der Waals surface area contributed by atoms with E-state index in [1.165, 1.54) is 0 Å². The van der Waals surface area contributed by atoms with E-state index in [1.807, 2.05) is 13.8 Å². The zero-order chi connectivity index (χ0) is 14.3. The summed E-state index contributed by atoms with van der Waals surface area (Å²) in [4.78, 5) is 2.40. The van der Waals surface area contributed by atoms with Crippen molar-refractivity contribution in [3.05, 3.63) is 0 Å². The van der Waals surface area contributed by atoms with Gasteiger partial charge in [-0.05, 0) is 39.8 Å². The van der Waals surface area contributed by atoms with Crippen molar-refractivity contribution in [2.45, 2.75) is 63.1 Å². The zero-order valence-electron chi connectivity index (χ0n) is 12.6. The molecule has 2 N–H and O–H groups in total. The van der Waals surface area contributed by atoms with Gasteiger partial charge < -0.3 is 29.6 Å². The maximum Gasteiger partial charge on any atom is 0.186 e. The molecule has 3 aliphatic heterocycles. The van der Waals surface area contributed by atoms with Crippen LogP contribution in [0.2, 0.25) is 0 Å². The van der Waals surface area contributed by atoms with Crippen molar-refractivity contribution in [1.29, 1.82) is 0 Å². The first-order valence-electron chi connectivity index (χ1n) is 7.50. The quantitative estimate of drug-likeness (QED) is 0.805. The molecule has 0 aliphatic carbocycles. The van der Waals surface area contributed by atoms with Crippen LogP contribution in [0.25, 0.3) is 0 Å². The van der Waals surface area contributed by atoms with Crippen molar-refractivity contribution >= 4 is 0 Å². The Bertz CT molecular complexity index is 344. The molecule has 0 aromatic carbocycles. The van der Waals surface area contributed by atoms with E-state index in [0.29, 0.717) is 6.04 Å². The average Bonchev–Trinajstić information content (AvgIpc) is 2.86. The topological polar surface area (TPSA) is 66.2 Å². The molecule has 0 amide bonds. The van der Waals surface area contributed by atoms with Gasteiger partial charge in [0.15, 0.2) is 12.1 Å². The Balaban J connectivity index is 1.62. The number of ether oxygens (including phenoxy) is 4. The maximum atomic E-state index is 6.00. The van der Waals surface area contributed by atoms with E-state index in [-0.39, 0.29) is 24.6 Å². The van der Waals surface area contributed by atoms with Crippen LogP contribution in [0.5, 0.6) is 0 Å². The lowest BCUT2D eigenvalue weighted by Crippen LogP contribution is -2.45. The summed E-state index contributed by atoms with van der Waals surface area (Å²) in [5, 5.41) is 0. The molecule has 0 saturated carbocycles. The van der Waals surface area contributed by atoms with E-state index < -0.39 is 5.79 Å². The number of hydrogen-bond donors (Lipinski definition) is 1. The number of nitrogens with two attached hydrogens (primary N) is 1. The van der Waals surface area contributed by atoms with Crippen molar-refractivity contribution in [2.75, 3.05) is 26.7 Å². The third-order valence-corrected chi connectivity index (χ3v) is 4.41. The van der Waals surface area contributed by atoms with Crippen LogP contribution >= 0.6 is 0 Å². The summed E-state index contributed by atoms with van der Waals surface area (Å²) in [6, 6.07) is 0.347. The Kier molecular flexibility index (Phi) is 4.05. The molecule has 3 fully saturated rings. The van der Waals surface area contributed by atoms with Crippen molar-refractivity contribution < 1.29 is 18.9 Å². The molecule has 116 valence electrons. The lowest BCUT2D eigenvalue weighted by Gasteiger charge is -2.33. The van der Waals surface area contributed by atoms with Gasteiger partial charge >= 0.3 is 0 Å². The van der Waals surface area contributed by atoms with E-state index in [9.17, 15) is 0 Å². The molecule has 3 saturated heterocycles. The lowest BCUT2D eigenvalue weighted by atomic mass is 10.0. The van der Waals surface area contributed by atoms with Crippen LogP contribution in [-0.2, 0) is 18.9 Å². The molecule has 6 nitrogen and oxygen atoms in total. The van der Waals surface area contributed by atoms with Gasteiger partial charge in [0, 0.05) is 19.7 Å². The molecule has 4 atom stereocenters. The van der Waals surface area contributed by atoms with Gasteiger partial charge in [-0.15, -0.1) is 0 Å². The fourth-order valence-electron chi connectivity index (χ4n) is 3.37. The largest absolute Gasteiger partial charge is 0.353 e. The fraction of sp³-hybridized carbons (Fsp3) is 1.00. The second-order valence-electron chi connectivity index (χ2n) is 6.48. The predicted molar refractivity (Wildman–Crippen MR) is 73.1 cm³/mol. The lowest BCUT2D eigenvalue weighted by molar-refractivity contribution is -0.228. The number of likely N-dealkylation sites (tertiary alicyclic amines) is 1. The van der Waals surface area contributed by atoms with Gasteiger partial charge in [-0.3, -0.25) is 0 Å². The minimum Gasteiger partial charge on any atom is -0.353 e. The first kappa shape index (κ1) is 14.7. The summed E-state index contributed by atoms with van der Waals surface area (Å²) >= 11 is 0. The maximum absolute atomic E-state index is 6.00. The van der Waals surface area contributed by atoms with Crippen LogP contribution in [0.3, 0.4) is 0 Å². The molecule has 6 heteroatoms. The normalized spacial score (nSPS) is 42.0. The first-order chi connectivity index (χ1) is 9.48. The monoisotopic (exact) mass is 286 g/mol. The summed E-state index contributed by atoms with van der Waals surface area (Å²) < 4.78 is 23.2. The minimum absolute atomic E-state index is 0.000972. The highest BCUT2D eigenvalue weighted by molar-refractivity contribution is 4.96. The van der Waals surface area contributed by atoms with Crippen molar-refractivity contribution in [3.8, 4) is 0 Å². The van der Waals surface area contributed by atoms with Crippen molar-refractivity contribution in [2.24, 2.45) is 5.73 Å². The average molecular weight is 286 g/mol. The molecule has 3 aliphatic rings. The number of rotatable bonds is 3. The van der Waals surface area contributed by atoms with Crippen LogP contribution in [0.1, 0.15) is 26.7 Å². The Morgan fingerprint density at radius 3 is 2.50 bits per heavy atom. The summed E-state index contributed by atoms with van der Waals surface area (Å²) in [6.45, 7) is 6.79. The van der Waals surface area contributed by atoms with Crippen LogP contribution in [-0.4, -0.2) is 68.1 Å². The van der Waals surface area contributed by atoms with Crippen molar-refractivity contribution in [3.63, 3.8) is 0 Å². The van der Waals surface area contributed by atoms with E-state index in [0.717, 1.165) is 32.5 Å². The summed E-state index contributed by atoms with van der Waals surface area (Å²) in [5.74, 6) is -0.557. The number of nitrogens with zero attached hydrogens (tertiary/aromatic N) is 1. The zero-order valence-corrected chi connectivity index (χ0v) is 12.6. The minimum atomic E-state index is -0.557. The van der Waals surface area contributed by atoms with Crippen LogP contribution in [0, 0.1) is 0 Å². The van der Waals surface area contributed by atoms with Gasteiger partial charge in [-0.25, -0.2) is 0 Å². The number of fused-ring (bicyclic) bond motifs is 1. The predicted octanol–water partition coefficient (Wildman–Crippen LogP) is 0.301. The molecular weight excluding hydrogens is 260 g/mol. The third-order valence-electron chi connectivity index (χ3n) is 4.41. The van der Waals surface area contributed by atoms with E-state index >= 15 is 0 Å². The van der Waals surface area contributed by atoms with E-state index in [2.05, 4.69) is 4.90 Å². The smallest absolute Gasteiger partial charge is 0.186 e. The molecule has 0 radical (unpaired) electrons. The van der Waals surface area contributed by atoms with Gasteiger partial charge in [0.25, 0.3) is 0 Å². The Hall–Kier alpha value is -0.240. The van der Waals surface area contributed by atoms with Crippen LogP contribution in [0.15, 0.2) is 0 Å². The second kappa shape index (κ2) is 5.51. The molecule has 3 rings (SSSR count). The highest BCUT2D eigenvalue weighted by atomic mass is 16.8. The van der Waals surface area contributed by atoms with Gasteiger partial charge in [0.05, 0.1) is 0 Å². The number of hydrogen-bond acceptors (Lipinski definition) is 6. The Labute approximate surface area is 120 Å². The van der Waals surface area contributed by atoms with E-state index in [1.54, 1.807) is 7.11 Å². The van der Waals surface area contributed by atoms with Gasteiger partial charge in [0.1, 0.15) is 18.3 Å². The van der Waals surface area contributed by atoms with Gasteiger partial charge in [-0.2, -0.15) is 0 Å². The summed E-state index contributed by atoms with van der Waals surface area (Å²) in [5.41, 5.74) is 5.95. The SMILES string of the molecule is CO[C@@H]1OC(CN2CCC(N)CC2)[C@H]2OC(C)(C)O[C@@H]12. The highest BCUT2D eigenvalue weighted by Crippen LogP contribution is 2.39. The standard InChI is InChI=1S/C14H26N2O4/c1-14(2)19-11-10(18-13(17-3)12(11)20-14)8-16-6-4-9(15)5-7-16/h9-13H,4-8,15H2,1-3H3/t10?,11-,12-,13-/m1/s1. The molecule has 1 unspecified atom stereocenters. The first-order valence-corrected chi connectivity index (χ1v) is 7.50. The van der Waals surface area contributed by atoms with Crippen molar-refractivity contribution in [1.82, 2.24) is 4.90 Å². The summed E-state index contributed by atoms with van der Waals surface area (Å²) in [6.07, 6.45) is 1.59. The molecule has 0 aromatic rings. The van der Waals surface area contributed by atoms with Crippen LogP contribution < -0.4 is 5.73 Å². The molecule has 20 heavy (non-hydrogen) atoms. The van der Waals surface area contributed by atoms with E-state index in [4.69, 9.17) is 24.7 Å². The number of piperidine rings is 1. The second-order valence-corrected chi connectivity index (χ2v) is 6.48. The molecule has 0 bridgehead atoms.